The van der Waals surface area contributed by atoms with Gasteiger partial charge in [-0.1, -0.05) is 19.9 Å². The number of hydrogen-bond donors (Lipinski definition) is 1. The highest BCUT2D eigenvalue weighted by atomic mass is 32.2. The van der Waals surface area contributed by atoms with Gasteiger partial charge >= 0.3 is 12.1 Å². The first-order valence-corrected chi connectivity index (χ1v) is 11.7. The first-order valence-electron chi connectivity index (χ1n) is 10.1. The lowest BCUT2D eigenvalue weighted by Crippen LogP contribution is -2.68. The molecule has 0 saturated carbocycles. The summed E-state index contributed by atoms with van der Waals surface area (Å²) in [6, 6.07) is 5.63. The second kappa shape index (κ2) is 10.2. The summed E-state index contributed by atoms with van der Waals surface area (Å²) in [5.41, 5.74) is 0.833. The predicted octanol–water partition coefficient (Wildman–Crippen LogP) is 2.29. The number of amides is 1. The van der Waals surface area contributed by atoms with Gasteiger partial charge < -0.3 is 14.7 Å². The number of likely N-dealkylation sites (tertiary alicyclic amines) is 1. The van der Waals surface area contributed by atoms with E-state index in [2.05, 4.69) is 4.98 Å². The molecule has 2 aliphatic heterocycles. The molecule has 3 rings (SSSR count). The number of sulfone groups is 1. The van der Waals surface area contributed by atoms with Crippen LogP contribution in [0.4, 0.5) is 13.2 Å². The lowest BCUT2D eigenvalue weighted by molar-refractivity contribution is -0.192. The van der Waals surface area contributed by atoms with Gasteiger partial charge in [0.25, 0.3) is 0 Å². The second-order valence-corrected chi connectivity index (χ2v) is 10.8. The normalized spacial score (nSPS) is 21.1. The topological polar surface area (TPSA) is 114 Å². The van der Waals surface area contributed by atoms with Crippen molar-refractivity contribution in [2.45, 2.75) is 44.2 Å². The second-order valence-electron chi connectivity index (χ2n) is 8.36. The third-order valence-corrected chi connectivity index (χ3v) is 8.09. The van der Waals surface area contributed by atoms with Crippen molar-refractivity contribution in [3.05, 3.63) is 30.1 Å². The maximum absolute atomic E-state index is 12.6. The number of halogens is 3. The highest BCUT2D eigenvalue weighted by molar-refractivity contribution is 7.93. The Kier molecular flexibility index (Phi) is 8.27. The third-order valence-electron chi connectivity index (χ3n) is 5.49. The first kappa shape index (κ1) is 26.0. The SMILES string of the molecule is CC(C)CC(=O)N1CC2(C1)C(COCc1ccccn1)CCS2(=O)=O.O=C(O)C(F)(F)F. The van der Waals surface area contributed by atoms with Gasteiger partial charge in [-0.15, -0.1) is 0 Å². The molecule has 1 N–H and O–H groups in total. The van der Waals surface area contributed by atoms with Gasteiger partial charge in [0.1, 0.15) is 4.75 Å². The summed E-state index contributed by atoms with van der Waals surface area (Å²) in [5.74, 6) is -2.29. The standard InChI is InChI=1S/C18H26N2O4S.C2HF3O2/c1-14(2)9-17(21)20-12-18(13-20)15(6-8-25(18,22)23)10-24-11-16-5-3-4-7-19-16;3-2(4,5)1(6)7/h3-5,7,14-15H,6,8-13H2,1-2H3;(H,6,7). The van der Waals surface area contributed by atoms with E-state index in [1.807, 2.05) is 32.0 Å². The molecule has 2 aliphatic rings. The van der Waals surface area contributed by atoms with Crippen molar-refractivity contribution < 1.29 is 41.0 Å². The summed E-state index contributed by atoms with van der Waals surface area (Å²) in [7, 11) is -3.18. The van der Waals surface area contributed by atoms with E-state index in [4.69, 9.17) is 14.6 Å². The van der Waals surface area contributed by atoms with E-state index < -0.39 is 26.7 Å². The van der Waals surface area contributed by atoms with E-state index >= 15 is 0 Å². The number of ether oxygens (including phenoxy) is 1. The number of carbonyl (C=O) groups excluding carboxylic acids is 1. The van der Waals surface area contributed by atoms with Gasteiger partial charge in [-0.3, -0.25) is 9.78 Å². The average molecular weight is 481 g/mol. The van der Waals surface area contributed by atoms with Gasteiger partial charge in [-0.05, 0) is 24.5 Å². The molecule has 1 atom stereocenters. The van der Waals surface area contributed by atoms with Crippen LogP contribution >= 0.6 is 0 Å². The number of carboxylic acids is 1. The Bertz CT molecular complexity index is 900. The number of carbonyl (C=O) groups is 2. The van der Waals surface area contributed by atoms with Crippen molar-refractivity contribution in [1.82, 2.24) is 9.88 Å². The van der Waals surface area contributed by atoms with Crippen LogP contribution in [0, 0.1) is 11.8 Å². The molecular weight excluding hydrogens is 453 g/mol. The Hall–Kier alpha value is -2.21. The van der Waals surface area contributed by atoms with Crippen molar-refractivity contribution in [3.8, 4) is 0 Å². The highest BCUT2D eigenvalue weighted by Crippen LogP contribution is 2.45. The third kappa shape index (κ3) is 6.18. The molecular formula is C20H27F3N2O6S. The van der Waals surface area contributed by atoms with Crippen LogP contribution in [-0.4, -0.2) is 71.7 Å². The minimum atomic E-state index is -5.08. The molecule has 0 radical (unpaired) electrons. The quantitative estimate of drug-likeness (QED) is 0.665. The van der Waals surface area contributed by atoms with Crippen molar-refractivity contribution in [3.63, 3.8) is 0 Å². The molecule has 1 aromatic rings. The van der Waals surface area contributed by atoms with Crippen LogP contribution in [0.5, 0.6) is 0 Å². The van der Waals surface area contributed by atoms with Gasteiger partial charge in [0.05, 0.1) is 24.7 Å². The van der Waals surface area contributed by atoms with E-state index in [-0.39, 0.29) is 23.5 Å². The van der Waals surface area contributed by atoms with Gasteiger partial charge in [0, 0.05) is 31.6 Å². The Balaban J connectivity index is 0.000000451. The van der Waals surface area contributed by atoms with Crippen LogP contribution in [-0.2, 0) is 30.8 Å². The van der Waals surface area contributed by atoms with Gasteiger partial charge in [-0.25, -0.2) is 13.2 Å². The Morgan fingerprint density at radius 1 is 1.31 bits per heavy atom. The summed E-state index contributed by atoms with van der Waals surface area (Å²) in [6.45, 7) is 5.39. The van der Waals surface area contributed by atoms with Gasteiger partial charge in [0.15, 0.2) is 9.84 Å². The highest BCUT2D eigenvalue weighted by Gasteiger charge is 2.62. The molecule has 180 valence electrons. The summed E-state index contributed by atoms with van der Waals surface area (Å²) >= 11 is 0. The number of carboxylic acid groups (broad SMARTS) is 1. The van der Waals surface area contributed by atoms with Crippen molar-refractivity contribution in [1.29, 1.82) is 0 Å². The van der Waals surface area contributed by atoms with Gasteiger partial charge in [-0.2, -0.15) is 13.2 Å². The fourth-order valence-electron chi connectivity index (χ4n) is 3.75. The molecule has 1 unspecified atom stereocenters. The first-order chi connectivity index (χ1) is 14.8. The van der Waals surface area contributed by atoms with Crippen LogP contribution in [0.3, 0.4) is 0 Å². The fourth-order valence-corrected chi connectivity index (χ4v) is 6.15. The average Bonchev–Trinajstić information content (AvgIpc) is 2.91. The van der Waals surface area contributed by atoms with Crippen LogP contribution in [0.15, 0.2) is 24.4 Å². The number of aromatic nitrogens is 1. The number of alkyl halides is 3. The maximum Gasteiger partial charge on any atom is 0.490 e. The lowest BCUT2D eigenvalue weighted by atomic mass is 9.83. The smallest absolute Gasteiger partial charge is 0.475 e. The molecule has 1 aromatic heterocycles. The molecule has 2 fully saturated rings. The van der Waals surface area contributed by atoms with Gasteiger partial charge in [0.2, 0.25) is 5.91 Å². The number of hydrogen-bond acceptors (Lipinski definition) is 6. The summed E-state index contributed by atoms with van der Waals surface area (Å²) in [6.07, 6.45) is -2.29. The van der Waals surface area contributed by atoms with E-state index in [0.29, 0.717) is 39.1 Å². The molecule has 12 heteroatoms. The number of nitrogens with zero attached hydrogens (tertiary/aromatic N) is 2. The number of rotatable bonds is 6. The van der Waals surface area contributed by atoms with Crippen molar-refractivity contribution in [2.75, 3.05) is 25.4 Å². The van der Waals surface area contributed by atoms with Crippen LogP contribution in [0.25, 0.3) is 0 Å². The number of pyridine rings is 1. The molecule has 0 aromatic carbocycles. The van der Waals surface area contributed by atoms with Crippen LogP contribution in [0.1, 0.15) is 32.4 Å². The fraction of sp³-hybridized carbons (Fsp3) is 0.650. The predicted molar refractivity (Wildman–Crippen MR) is 108 cm³/mol. The molecule has 0 bridgehead atoms. The van der Waals surface area contributed by atoms with Crippen LogP contribution in [0.2, 0.25) is 0 Å². The maximum atomic E-state index is 12.6. The Morgan fingerprint density at radius 3 is 2.44 bits per heavy atom. The molecule has 0 aliphatic carbocycles. The molecule has 1 amide bonds. The van der Waals surface area contributed by atoms with E-state index in [9.17, 15) is 26.4 Å². The molecule has 32 heavy (non-hydrogen) atoms. The molecule has 1 spiro atoms. The van der Waals surface area contributed by atoms with E-state index in [1.165, 1.54) is 0 Å². The van der Waals surface area contributed by atoms with Crippen molar-refractivity contribution in [2.24, 2.45) is 11.8 Å². The Morgan fingerprint density at radius 2 is 1.94 bits per heavy atom. The monoisotopic (exact) mass is 480 g/mol. The summed E-state index contributed by atoms with van der Waals surface area (Å²) < 4.78 is 61.9. The molecule has 2 saturated heterocycles. The van der Waals surface area contributed by atoms with Crippen molar-refractivity contribution >= 4 is 21.7 Å². The zero-order chi connectivity index (χ0) is 24.2. The lowest BCUT2D eigenvalue weighted by Gasteiger charge is -2.50. The summed E-state index contributed by atoms with van der Waals surface area (Å²) in [4.78, 5) is 27.0. The minimum absolute atomic E-state index is 0.0516. The Labute approximate surface area is 184 Å². The largest absolute Gasteiger partial charge is 0.490 e. The van der Waals surface area contributed by atoms with Crippen LogP contribution < -0.4 is 0 Å². The van der Waals surface area contributed by atoms with E-state index in [0.717, 1.165) is 5.69 Å². The zero-order valence-corrected chi connectivity index (χ0v) is 18.7. The minimum Gasteiger partial charge on any atom is -0.475 e. The van der Waals surface area contributed by atoms with E-state index in [1.54, 1.807) is 11.1 Å². The number of aliphatic carboxylic acids is 1. The zero-order valence-electron chi connectivity index (χ0n) is 17.8. The summed E-state index contributed by atoms with van der Waals surface area (Å²) in [5, 5.41) is 7.12. The molecule has 3 heterocycles. The molecule has 8 nitrogen and oxygen atoms in total.